The topological polar surface area (TPSA) is 52.6 Å². The van der Waals surface area contributed by atoms with Crippen LogP contribution in [0.3, 0.4) is 0 Å². The number of nitrogens with zero attached hydrogens (tertiary/aromatic N) is 1. The largest absolute Gasteiger partial charge is 0.396 e. The lowest BCUT2D eigenvalue weighted by molar-refractivity contribution is -0.124. The molecule has 190 valence electrons. The molecule has 0 bridgehead atoms. The fourth-order valence-corrected chi connectivity index (χ4v) is 5.84. The van der Waals surface area contributed by atoms with Crippen molar-refractivity contribution in [3.63, 3.8) is 0 Å². The highest BCUT2D eigenvalue weighted by atomic mass is 35.5. The van der Waals surface area contributed by atoms with Gasteiger partial charge < -0.3 is 15.3 Å². The zero-order valence-corrected chi connectivity index (χ0v) is 22.0. The Hall–Kier alpha value is -1.88. The maximum absolute atomic E-state index is 13.3. The Labute approximate surface area is 216 Å². The van der Waals surface area contributed by atoms with Crippen LogP contribution in [0.15, 0.2) is 70.9 Å². The summed E-state index contributed by atoms with van der Waals surface area (Å²) in [5.74, 6) is 1.87. The Morgan fingerprint density at radius 3 is 2.69 bits per heavy atom. The molecule has 1 fully saturated rings. The van der Waals surface area contributed by atoms with Crippen LogP contribution in [-0.2, 0) is 4.79 Å². The summed E-state index contributed by atoms with van der Waals surface area (Å²) in [6.45, 7) is 7.67. The molecule has 1 heterocycles. The van der Waals surface area contributed by atoms with Gasteiger partial charge in [-0.3, -0.25) is 4.79 Å². The van der Waals surface area contributed by atoms with Crippen molar-refractivity contribution in [1.29, 1.82) is 0 Å². The number of nitrogens with one attached hydrogen (secondary N) is 1. The zero-order chi connectivity index (χ0) is 24.8. The van der Waals surface area contributed by atoms with E-state index in [4.69, 9.17) is 11.6 Å². The maximum atomic E-state index is 13.3. The first-order valence-corrected chi connectivity index (χ1v) is 13.7. The van der Waals surface area contributed by atoms with E-state index in [1.54, 1.807) is 0 Å². The highest BCUT2D eigenvalue weighted by Crippen LogP contribution is 2.33. The number of likely N-dealkylation sites (tertiary alicyclic amines) is 1. The number of allylic oxidation sites excluding steroid dienone is 10. The molecule has 4 nitrogen and oxygen atoms in total. The van der Waals surface area contributed by atoms with Crippen LogP contribution in [0.25, 0.3) is 0 Å². The minimum Gasteiger partial charge on any atom is -0.396 e. The number of carbonyl (C=O) groups excluding carboxylic acids is 1. The summed E-state index contributed by atoms with van der Waals surface area (Å²) < 4.78 is 0. The molecule has 0 spiro atoms. The number of rotatable bonds is 8. The molecule has 4 rings (SSSR count). The minimum absolute atomic E-state index is 0.127. The Morgan fingerprint density at radius 2 is 2.00 bits per heavy atom. The summed E-state index contributed by atoms with van der Waals surface area (Å²) in [4.78, 5) is 15.8. The highest BCUT2D eigenvalue weighted by molar-refractivity contribution is 6.31. The first kappa shape index (κ1) is 26.2. The second-order valence-electron chi connectivity index (χ2n) is 10.9. The summed E-state index contributed by atoms with van der Waals surface area (Å²) >= 11 is 6.10. The monoisotopic (exact) mass is 496 g/mol. The second kappa shape index (κ2) is 12.4. The van der Waals surface area contributed by atoms with Crippen LogP contribution in [-0.4, -0.2) is 48.2 Å². The van der Waals surface area contributed by atoms with Crippen LogP contribution in [0, 0.1) is 29.6 Å². The van der Waals surface area contributed by atoms with Crippen LogP contribution in [0.1, 0.15) is 46.0 Å². The van der Waals surface area contributed by atoms with E-state index in [1.807, 2.05) is 6.08 Å². The highest BCUT2D eigenvalue weighted by Gasteiger charge is 2.29. The van der Waals surface area contributed by atoms with Crippen molar-refractivity contribution < 1.29 is 9.90 Å². The van der Waals surface area contributed by atoms with Crippen molar-refractivity contribution in [2.24, 2.45) is 29.6 Å². The van der Waals surface area contributed by atoms with Gasteiger partial charge in [0.1, 0.15) is 0 Å². The van der Waals surface area contributed by atoms with Gasteiger partial charge in [-0.2, -0.15) is 0 Å². The van der Waals surface area contributed by atoms with E-state index in [0.29, 0.717) is 11.8 Å². The third kappa shape index (κ3) is 7.09. The standard InChI is InChI=1S/C30H41ClN2O2/c1-21(2)29(19-33-15-13-24(14-16-33)23-9-11-28(31)12-10-23)32-30(35)27-8-4-7-26(18-27)25-6-3-5-22(17-25)20-34/h3-7,9,11-12,18,21-24,27,29,34H,8,10,13-17,19-20H2,1-2H3,(H,32,35)/t22?,23?,27?,29-/m0/s1. The summed E-state index contributed by atoms with van der Waals surface area (Å²) in [6, 6.07) is 0.147. The van der Waals surface area contributed by atoms with Crippen LogP contribution in [0.5, 0.6) is 0 Å². The lowest BCUT2D eigenvalue weighted by atomic mass is 9.80. The molecule has 5 heteroatoms. The normalized spacial score (nSPS) is 28.5. The average molecular weight is 497 g/mol. The van der Waals surface area contributed by atoms with Gasteiger partial charge in [0, 0.05) is 30.1 Å². The summed E-state index contributed by atoms with van der Waals surface area (Å²) in [5, 5.41) is 13.8. The molecule has 2 N–H and O–H groups in total. The number of halogens is 1. The fourth-order valence-electron chi connectivity index (χ4n) is 5.68. The lowest BCUT2D eigenvalue weighted by Gasteiger charge is -2.38. The molecule has 35 heavy (non-hydrogen) atoms. The number of aliphatic hydroxyl groups is 1. The number of carbonyl (C=O) groups is 1. The number of aliphatic hydroxyl groups excluding tert-OH is 1. The van der Waals surface area contributed by atoms with E-state index >= 15 is 0 Å². The Balaban J connectivity index is 1.30. The van der Waals surface area contributed by atoms with E-state index in [-0.39, 0.29) is 30.4 Å². The molecular weight excluding hydrogens is 456 g/mol. The van der Waals surface area contributed by atoms with Gasteiger partial charge in [0.15, 0.2) is 0 Å². The smallest absolute Gasteiger partial charge is 0.227 e. The predicted molar refractivity (Wildman–Crippen MR) is 145 cm³/mol. The van der Waals surface area contributed by atoms with E-state index < -0.39 is 0 Å². The van der Waals surface area contributed by atoms with E-state index in [2.05, 4.69) is 72.7 Å². The Bertz CT molecular complexity index is 934. The van der Waals surface area contributed by atoms with Gasteiger partial charge in [0.05, 0.1) is 5.92 Å². The van der Waals surface area contributed by atoms with Gasteiger partial charge in [-0.05, 0) is 80.2 Å². The van der Waals surface area contributed by atoms with Gasteiger partial charge >= 0.3 is 0 Å². The molecule has 0 radical (unpaired) electrons. The Morgan fingerprint density at radius 1 is 1.20 bits per heavy atom. The van der Waals surface area contributed by atoms with Crippen LogP contribution in [0.4, 0.5) is 0 Å². The Kier molecular flexibility index (Phi) is 9.27. The molecule has 0 aromatic heterocycles. The second-order valence-corrected chi connectivity index (χ2v) is 11.4. The third-order valence-electron chi connectivity index (χ3n) is 8.09. The number of hydrogen-bond donors (Lipinski definition) is 2. The molecule has 4 atom stereocenters. The van der Waals surface area contributed by atoms with Gasteiger partial charge in [-0.15, -0.1) is 0 Å². The van der Waals surface area contributed by atoms with E-state index in [9.17, 15) is 9.90 Å². The zero-order valence-electron chi connectivity index (χ0n) is 21.2. The molecule has 1 saturated heterocycles. The first-order chi connectivity index (χ1) is 16.9. The van der Waals surface area contributed by atoms with E-state index in [1.165, 1.54) is 18.4 Å². The van der Waals surface area contributed by atoms with E-state index in [0.717, 1.165) is 55.4 Å². The first-order valence-electron chi connectivity index (χ1n) is 13.4. The molecule has 1 aliphatic heterocycles. The van der Waals surface area contributed by atoms with Gasteiger partial charge in [0.2, 0.25) is 5.91 Å². The van der Waals surface area contributed by atoms with Crippen LogP contribution >= 0.6 is 11.6 Å². The lowest BCUT2D eigenvalue weighted by Crippen LogP contribution is -2.50. The molecule has 4 aliphatic rings. The average Bonchev–Trinajstić information content (AvgIpc) is 2.89. The number of amides is 1. The van der Waals surface area contributed by atoms with Crippen molar-refractivity contribution in [2.45, 2.75) is 52.0 Å². The SMILES string of the molecule is CC(C)[C@H](CN1CCC(C2C=CC(Cl)=CC2)CC1)NC(=O)C1C=C(C2=CC=CC(CO)C2)C=CC1. The van der Waals surface area contributed by atoms with Gasteiger partial charge in [-0.1, -0.05) is 74.1 Å². The summed E-state index contributed by atoms with van der Waals surface area (Å²) in [7, 11) is 0. The maximum Gasteiger partial charge on any atom is 0.227 e. The van der Waals surface area contributed by atoms with Crippen molar-refractivity contribution in [3.05, 3.63) is 70.9 Å². The summed E-state index contributed by atoms with van der Waals surface area (Å²) in [5.41, 5.74) is 2.32. The van der Waals surface area contributed by atoms with Crippen LogP contribution < -0.4 is 5.32 Å². The summed E-state index contributed by atoms with van der Waals surface area (Å²) in [6.07, 6.45) is 24.1. The van der Waals surface area contributed by atoms with Gasteiger partial charge in [0.25, 0.3) is 0 Å². The number of hydrogen-bond acceptors (Lipinski definition) is 3. The van der Waals surface area contributed by atoms with Crippen molar-refractivity contribution in [1.82, 2.24) is 10.2 Å². The minimum atomic E-state index is -0.140. The molecular formula is C30H41ClN2O2. The molecule has 0 saturated carbocycles. The van der Waals surface area contributed by atoms with Crippen molar-refractivity contribution in [2.75, 3.05) is 26.2 Å². The fraction of sp³-hybridized carbons (Fsp3) is 0.567. The molecule has 3 aliphatic carbocycles. The van der Waals surface area contributed by atoms with Crippen molar-refractivity contribution in [3.8, 4) is 0 Å². The van der Waals surface area contributed by atoms with Gasteiger partial charge in [-0.25, -0.2) is 0 Å². The predicted octanol–water partition coefficient (Wildman–Crippen LogP) is 5.54. The van der Waals surface area contributed by atoms with Crippen molar-refractivity contribution >= 4 is 17.5 Å². The number of piperidine rings is 1. The molecule has 0 aromatic carbocycles. The third-order valence-corrected chi connectivity index (χ3v) is 8.37. The molecule has 1 amide bonds. The molecule has 0 aromatic rings. The molecule has 3 unspecified atom stereocenters. The van der Waals surface area contributed by atoms with Crippen LogP contribution in [0.2, 0.25) is 0 Å². The quantitative estimate of drug-likeness (QED) is 0.464.